The zero-order valence-electron chi connectivity index (χ0n) is 10.4. The molecular formula is C11H14N4O4S. The third-order valence-corrected chi connectivity index (χ3v) is 4.19. The normalized spacial score (nSPS) is 32.8. The molecule has 4 atom stereocenters. The topological polar surface area (TPSA) is 125 Å². The Kier molecular flexibility index (Phi) is 3.30. The molecule has 9 heteroatoms. The highest BCUT2D eigenvalue weighted by Gasteiger charge is 2.48. The van der Waals surface area contributed by atoms with Gasteiger partial charge in [0.1, 0.15) is 18.3 Å². The minimum Gasteiger partial charge on any atom is -0.394 e. The Morgan fingerprint density at radius 3 is 2.85 bits per heavy atom. The number of aromatic nitrogens is 2. The fourth-order valence-electron chi connectivity index (χ4n) is 2.27. The van der Waals surface area contributed by atoms with Crippen LogP contribution in [0, 0.1) is 0 Å². The molecule has 108 valence electrons. The standard InChI is InChI=1S/C11H14N4O4S/c1-4-15(9-6(20-4)2-13-11(12)14-9)10-8(18)7(17)5(3-16)19-10/h2,5,7-8,10,16-18H,1,3H2,(H2,12,13,14)/t5-,7+,8-,10-/m1/s1. The molecule has 5 N–H and O–H groups in total. The second-order valence-corrected chi connectivity index (χ2v) is 5.63. The minimum absolute atomic E-state index is 0.0933. The molecular weight excluding hydrogens is 284 g/mol. The third-order valence-electron chi connectivity index (χ3n) is 3.25. The van der Waals surface area contributed by atoms with Gasteiger partial charge in [-0.15, -0.1) is 0 Å². The Balaban J connectivity index is 1.96. The van der Waals surface area contributed by atoms with Crippen molar-refractivity contribution in [2.75, 3.05) is 17.2 Å². The average molecular weight is 298 g/mol. The lowest BCUT2D eigenvalue weighted by molar-refractivity contribution is -0.0205. The van der Waals surface area contributed by atoms with Crippen LogP contribution in [0.15, 0.2) is 22.7 Å². The first-order chi connectivity index (χ1) is 9.52. The van der Waals surface area contributed by atoms with Crippen LogP contribution < -0.4 is 10.6 Å². The summed E-state index contributed by atoms with van der Waals surface area (Å²) in [5.41, 5.74) is 5.57. The Morgan fingerprint density at radius 2 is 2.20 bits per heavy atom. The molecule has 0 amide bonds. The van der Waals surface area contributed by atoms with E-state index >= 15 is 0 Å². The number of hydrogen-bond acceptors (Lipinski definition) is 9. The van der Waals surface area contributed by atoms with Gasteiger partial charge in [-0.3, -0.25) is 4.90 Å². The van der Waals surface area contributed by atoms with Crippen molar-refractivity contribution in [3.05, 3.63) is 17.8 Å². The lowest BCUT2D eigenvalue weighted by Crippen LogP contribution is -2.42. The zero-order valence-corrected chi connectivity index (χ0v) is 11.2. The van der Waals surface area contributed by atoms with Gasteiger partial charge < -0.3 is 25.8 Å². The van der Waals surface area contributed by atoms with Crippen molar-refractivity contribution < 1.29 is 20.1 Å². The van der Waals surface area contributed by atoms with Gasteiger partial charge in [0.2, 0.25) is 5.95 Å². The van der Waals surface area contributed by atoms with Crippen LogP contribution in [0.4, 0.5) is 11.8 Å². The molecule has 1 fully saturated rings. The van der Waals surface area contributed by atoms with E-state index in [1.54, 1.807) is 11.1 Å². The Hall–Kier alpha value is -1.39. The Morgan fingerprint density at radius 1 is 1.45 bits per heavy atom. The number of aliphatic hydroxyl groups excluding tert-OH is 3. The first-order valence-electron chi connectivity index (χ1n) is 5.94. The summed E-state index contributed by atoms with van der Waals surface area (Å²) in [6.45, 7) is 3.49. The molecule has 0 unspecified atom stereocenters. The summed E-state index contributed by atoms with van der Waals surface area (Å²) in [7, 11) is 0. The molecule has 8 nitrogen and oxygen atoms in total. The number of nitrogen functional groups attached to an aromatic ring is 1. The Labute approximate surface area is 118 Å². The first kappa shape index (κ1) is 13.6. The van der Waals surface area contributed by atoms with E-state index in [-0.39, 0.29) is 12.6 Å². The van der Waals surface area contributed by atoms with Crippen molar-refractivity contribution in [1.82, 2.24) is 9.97 Å². The molecule has 0 spiro atoms. The maximum absolute atomic E-state index is 10.1. The van der Waals surface area contributed by atoms with E-state index in [4.69, 9.17) is 15.6 Å². The van der Waals surface area contributed by atoms with E-state index in [0.29, 0.717) is 10.8 Å². The fourth-order valence-corrected chi connectivity index (χ4v) is 3.15. The van der Waals surface area contributed by atoms with E-state index in [2.05, 4.69) is 16.5 Å². The maximum Gasteiger partial charge on any atom is 0.222 e. The predicted octanol–water partition coefficient (Wildman–Crippen LogP) is -1.12. The van der Waals surface area contributed by atoms with Crippen LogP contribution in [0.25, 0.3) is 0 Å². The number of rotatable bonds is 2. The number of anilines is 2. The highest BCUT2D eigenvalue weighted by Crippen LogP contribution is 2.46. The van der Waals surface area contributed by atoms with Crippen molar-refractivity contribution in [1.29, 1.82) is 0 Å². The van der Waals surface area contributed by atoms with Crippen LogP contribution >= 0.6 is 11.8 Å². The molecule has 1 saturated heterocycles. The minimum atomic E-state index is -1.19. The van der Waals surface area contributed by atoms with Crippen molar-refractivity contribution in [2.45, 2.75) is 29.4 Å². The number of hydrogen-bond donors (Lipinski definition) is 4. The highest BCUT2D eigenvalue weighted by atomic mass is 32.2. The van der Waals surface area contributed by atoms with E-state index in [9.17, 15) is 10.2 Å². The van der Waals surface area contributed by atoms with Crippen molar-refractivity contribution in [2.24, 2.45) is 0 Å². The monoisotopic (exact) mass is 298 g/mol. The molecule has 0 aliphatic carbocycles. The zero-order chi connectivity index (χ0) is 14.4. The van der Waals surface area contributed by atoms with Crippen LogP contribution in [-0.4, -0.2) is 56.4 Å². The van der Waals surface area contributed by atoms with Gasteiger partial charge in [-0.25, -0.2) is 4.98 Å². The van der Waals surface area contributed by atoms with Gasteiger partial charge in [-0.1, -0.05) is 18.3 Å². The molecule has 3 heterocycles. The van der Waals surface area contributed by atoms with Gasteiger partial charge in [0.05, 0.1) is 16.5 Å². The quantitative estimate of drug-likeness (QED) is 0.537. The molecule has 3 rings (SSSR count). The SMILES string of the molecule is C=C1Sc2cnc(N)nc2N1[C@@H]1O[C@H](CO)[C@H](O)[C@H]1O. The predicted molar refractivity (Wildman–Crippen MR) is 71.7 cm³/mol. The van der Waals surface area contributed by atoms with Gasteiger partial charge in [0.25, 0.3) is 0 Å². The molecule has 0 saturated carbocycles. The summed E-state index contributed by atoms with van der Waals surface area (Å²) < 4.78 is 5.49. The van der Waals surface area contributed by atoms with E-state index in [1.807, 2.05) is 0 Å². The van der Waals surface area contributed by atoms with Crippen molar-refractivity contribution in [3.8, 4) is 0 Å². The number of nitrogens with two attached hydrogens (primary N) is 1. The van der Waals surface area contributed by atoms with Gasteiger partial charge in [-0.05, 0) is 0 Å². The van der Waals surface area contributed by atoms with E-state index in [0.717, 1.165) is 4.90 Å². The first-order valence-corrected chi connectivity index (χ1v) is 6.75. The summed E-state index contributed by atoms with van der Waals surface area (Å²) in [5.74, 6) is 0.568. The number of aliphatic hydroxyl groups is 3. The Bertz CT molecular complexity index is 557. The van der Waals surface area contributed by atoms with Crippen LogP contribution in [0.5, 0.6) is 0 Å². The second kappa shape index (κ2) is 4.86. The van der Waals surface area contributed by atoms with Gasteiger partial charge in [-0.2, -0.15) is 4.98 Å². The van der Waals surface area contributed by atoms with Crippen LogP contribution in [0.3, 0.4) is 0 Å². The number of nitrogens with zero attached hydrogens (tertiary/aromatic N) is 3. The largest absolute Gasteiger partial charge is 0.394 e. The van der Waals surface area contributed by atoms with Crippen molar-refractivity contribution >= 4 is 23.5 Å². The van der Waals surface area contributed by atoms with E-state index < -0.39 is 24.5 Å². The smallest absolute Gasteiger partial charge is 0.222 e. The fraction of sp³-hybridized carbons (Fsp3) is 0.455. The highest BCUT2D eigenvalue weighted by molar-refractivity contribution is 8.03. The summed E-state index contributed by atoms with van der Waals surface area (Å²) in [6.07, 6.45) is -2.53. The summed E-state index contributed by atoms with van der Waals surface area (Å²) in [6, 6.07) is 0. The number of fused-ring (bicyclic) bond motifs is 1. The number of ether oxygens (including phenoxy) is 1. The van der Waals surface area contributed by atoms with Gasteiger partial charge in [0, 0.05) is 6.20 Å². The molecule has 20 heavy (non-hydrogen) atoms. The third kappa shape index (κ3) is 1.95. The molecule has 0 radical (unpaired) electrons. The van der Waals surface area contributed by atoms with E-state index in [1.165, 1.54) is 11.8 Å². The van der Waals surface area contributed by atoms with Crippen LogP contribution in [0.1, 0.15) is 0 Å². The molecule has 1 aromatic heterocycles. The number of thioether (sulfide) groups is 1. The summed E-state index contributed by atoms with van der Waals surface area (Å²) >= 11 is 1.32. The molecule has 2 aliphatic heterocycles. The molecule has 0 aromatic carbocycles. The van der Waals surface area contributed by atoms with Crippen LogP contribution in [0.2, 0.25) is 0 Å². The molecule has 2 aliphatic rings. The summed E-state index contributed by atoms with van der Waals surface area (Å²) in [4.78, 5) is 10.3. The average Bonchev–Trinajstić information content (AvgIpc) is 2.88. The van der Waals surface area contributed by atoms with Gasteiger partial charge >= 0.3 is 0 Å². The second-order valence-electron chi connectivity index (χ2n) is 4.51. The molecule has 1 aromatic rings. The lowest BCUT2D eigenvalue weighted by atomic mass is 10.1. The lowest BCUT2D eigenvalue weighted by Gasteiger charge is -2.27. The summed E-state index contributed by atoms with van der Waals surface area (Å²) in [5, 5.41) is 29.6. The van der Waals surface area contributed by atoms with Gasteiger partial charge in [0.15, 0.2) is 12.0 Å². The van der Waals surface area contributed by atoms with Crippen molar-refractivity contribution in [3.63, 3.8) is 0 Å². The van der Waals surface area contributed by atoms with Crippen LogP contribution in [-0.2, 0) is 4.74 Å². The maximum atomic E-state index is 10.1. The molecule has 0 bridgehead atoms.